The highest BCUT2D eigenvalue weighted by atomic mass is 16.4. The zero-order valence-corrected chi connectivity index (χ0v) is 16.1. The van der Waals surface area contributed by atoms with Gasteiger partial charge in [-0.3, -0.25) is 9.69 Å². The third-order valence-electron chi connectivity index (χ3n) is 6.25. The van der Waals surface area contributed by atoms with E-state index in [-0.39, 0.29) is 11.2 Å². The molecule has 0 saturated carbocycles. The maximum absolute atomic E-state index is 12.2. The summed E-state index contributed by atoms with van der Waals surface area (Å²) in [7, 11) is 0. The Hall–Kier alpha value is -2.66. The van der Waals surface area contributed by atoms with Gasteiger partial charge < -0.3 is 8.98 Å². The van der Waals surface area contributed by atoms with Crippen molar-refractivity contribution in [2.45, 2.75) is 38.8 Å². The third-order valence-corrected chi connectivity index (χ3v) is 6.25. The lowest BCUT2D eigenvalue weighted by Gasteiger charge is -2.42. The molecule has 2 aliphatic heterocycles. The maximum atomic E-state index is 12.2. The number of piperidine rings is 1. The molecule has 2 bridgehead atoms. The van der Waals surface area contributed by atoms with Crippen LogP contribution in [0.3, 0.4) is 0 Å². The SMILES string of the molecule is CCc1ccc2oc(=O)cc(CN3C[C@H]4C[C@@H](C3)c3cccc(=O)n3C4)c2c1. The van der Waals surface area contributed by atoms with Crippen LogP contribution in [0.25, 0.3) is 11.0 Å². The Morgan fingerprint density at radius 1 is 1.07 bits per heavy atom. The van der Waals surface area contributed by atoms with Crippen LogP contribution >= 0.6 is 0 Å². The summed E-state index contributed by atoms with van der Waals surface area (Å²) < 4.78 is 7.37. The quantitative estimate of drug-likeness (QED) is 0.659. The van der Waals surface area contributed by atoms with Crippen molar-refractivity contribution in [1.82, 2.24) is 9.47 Å². The van der Waals surface area contributed by atoms with E-state index < -0.39 is 0 Å². The number of fused-ring (bicyclic) bond motifs is 5. The number of aromatic nitrogens is 1. The first-order chi connectivity index (χ1) is 13.6. The van der Waals surface area contributed by atoms with Gasteiger partial charge >= 0.3 is 5.63 Å². The highest BCUT2D eigenvalue weighted by Crippen LogP contribution is 2.35. The van der Waals surface area contributed by atoms with E-state index in [2.05, 4.69) is 24.0 Å². The first-order valence-electron chi connectivity index (χ1n) is 10.1. The topological polar surface area (TPSA) is 55.5 Å². The number of nitrogens with zero attached hydrogens (tertiary/aromatic N) is 2. The second-order valence-electron chi connectivity index (χ2n) is 8.17. The van der Waals surface area contributed by atoms with Crippen molar-refractivity contribution >= 4 is 11.0 Å². The van der Waals surface area contributed by atoms with Crippen LogP contribution in [0.1, 0.15) is 36.1 Å². The molecule has 3 aromatic rings. The summed E-state index contributed by atoms with van der Waals surface area (Å²) in [6.07, 6.45) is 2.09. The Labute approximate surface area is 163 Å². The van der Waals surface area contributed by atoms with Gasteiger partial charge in [0.1, 0.15) is 5.58 Å². The van der Waals surface area contributed by atoms with Crippen LogP contribution < -0.4 is 11.2 Å². The average molecular weight is 376 g/mol. The average Bonchev–Trinajstić information content (AvgIpc) is 2.68. The van der Waals surface area contributed by atoms with Crippen LogP contribution in [-0.4, -0.2) is 22.6 Å². The van der Waals surface area contributed by atoms with E-state index >= 15 is 0 Å². The van der Waals surface area contributed by atoms with E-state index in [1.54, 1.807) is 12.1 Å². The van der Waals surface area contributed by atoms with Gasteiger partial charge in [-0.1, -0.05) is 19.1 Å². The number of hydrogen-bond donors (Lipinski definition) is 0. The fourth-order valence-electron chi connectivity index (χ4n) is 4.99. The van der Waals surface area contributed by atoms with Gasteiger partial charge in [-0.05, 0) is 48.1 Å². The van der Waals surface area contributed by atoms with Crippen molar-refractivity contribution in [3.8, 4) is 0 Å². The first kappa shape index (κ1) is 17.4. The van der Waals surface area contributed by atoms with Gasteiger partial charge in [-0.25, -0.2) is 4.79 Å². The predicted octanol–water partition coefficient (Wildman–Crippen LogP) is 3.14. The summed E-state index contributed by atoms with van der Waals surface area (Å²) in [4.78, 5) is 26.7. The highest BCUT2D eigenvalue weighted by molar-refractivity contribution is 5.80. The summed E-state index contributed by atoms with van der Waals surface area (Å²) in [5, 5.41) is 1.03. The molecular formula is C23H24N2O3. The van der Waals surface area contributed by atoms with E-state index in [1.165, 1.54) is 5.56 Å². The molecule has 144 valence electrons. The normalized spacial score (nSPS) is 21.6. The van der Waals surface area contributed by atoms with Crippen LogP contribution in [-0.2, 0) is 19.5 Å². The predicted molar refractivity (Wildman–Crippen MR) is 109 cm³/mol. The van der Waals surface area contributed by atoms with Gasteiger partial charge in [0.2, 0.25) is 0 Å². The molecule has 1 aromatic carbocycles. The van der Waals surface area contributed by atoms with Gasteiger partial charge in [0.25, 0.3) is 5.56 Å². The van der Waals surface area contributed by atoms with Crippen LogP contribution in [0, 0.1) is 5.92 Å². The second-order valence-corrected chi connectivity index (χ2v) is 8.17. The largest absolute Gasteiger partial charge is 0.423 e. The molecule has 0 unspecified atom stereocenters. The lowest BCUT2D eigenvalue weighted by molar-refractivity contribution is 0.114. The van der Waals surface area contributed by atoms with Crippen molar-refractivity contribution in [3.05, 3.63) is 80.1 Å². The number of benzene rings is 1. The van der Waals surface area contributed by atoms with Crippen molar-refractivity contribution in [2.75, 3.05) is 13.1 Å². The summed E-state index contributed by atoms with van der Waals surface area (Å²) >= 11 is 0. The fraction of sp³-hybridized carbons (Fsp3) is 0.391. The molecule has 0 spiro atoms. The zero-order chi connectivity index (χ0) is 19.3. The van der Waals surface area contributed by atoms with Crippen LogP contribution in [0.2, 0.25) is 0 Å². The standard InChI is InChI=1S/C23H24N2O3/c1-2-15-6-7-21-19(9-15)17(10-23(27)28-21)13-24-11-16-8-18(14-24)20-4-3-5-22(26)25(20)12-16/h3-7,9-10,16,18H,2,8,11-14H2,1H3/t16-,18+/m1/s1. The molecule has 0 radical (unpaired) electrons. The fourth-order valence-corrected chi connectivity index (χ4v) is 4.99. The van der Waals surface area contributed by atoms with Crippen molar-refractivity contribution < 1.29 is 4.42 Å². The van der Waals surface area contributed by atoms with Crippen LogP contribution in [0.15, 0.2) is 56.5 Å². The van der Waals surface area contributed by atoms with Gasteiger partial charge in [-0.2, -0.15) is 0 Å². The molecule has 2 aliphatic rings. The Balaban J connectivity index is 1.48. The van der Waals surface area contributed by atoms with Crippen molar-refractivity contribution in [3.63, 3.8) is 0 Å². The van der Waals surface area contributed by atoms with E-state index in [0.29, 0.717) is 17.4 Å². The Bertz CT molecular complexity index is 1160. The zero-order valence-electron chi connectivity index (χ0n) is 16.1. The van der Waals surface area contributed by atoms with Gasteiger partial charge in [0.15, 0.2) is 0 Å². The van der Waals surface area contributed by atoms with Gasteiger partial charge in [0, 0.05) is 55.3 Å². The number of rotatable bonds is 3. The summed E-state index contributed by atoms with van der Waals surface area (Å²) in [6.45, 7) is 5.52. The van der Waals surface area contributed by atoms with Crippen LogP contribution in [0.4, 0.5) is 0 Å². The van der Waals surface area contributed by atoms with E-state index in [1.807, 2.05) is 22.8 Å². The molecule has 4 heterocycles. The Kier molecular flexibility index (Phi) is 4.20. The number of likely N-dealkylation sites (tertiary alicyclic amines) is 1. The second kappa shape index (κ2) is 6.74. The minimum atomic E-state index is -0.291. The number of aryl methyl sites for hydroxylation is 1. The summed E-state index contributed by atoms with van der Waals surface area (Å²) in [5.74, 6) is 0.850. The van der Waals surface area contributed by atoms with E-state index in [9.17, 15) is 9.59 Å². The van der Waals surface area contributed by atoms with Gasteiger partial charge in [0.05, 0.1) is 0 Å². The maximum Gasteiger partial charge on any atom is 0.336 e. The summed E-state index contributed by atoms with van der Waals surface area (Å²) in [5.41, 5.74) is 3.91. The van der Waals surface area contributed by atoms with Gasteiger partial charge in [-0.15, -0.1) is 0 Å². The molecule has 0 amide bonds. The van der Waals surface area contributed by atoms with Crippen LogP contribution in [0.5, 0.6) is 0 Å². The highest BCUT2D eigenvalue weighted by Gasteiger charge is 2.34. The third kappa shape index (κ3) is 3.00. The molecule has 1 fully saturated rings. The van der Waals surface area contributed by atoms with E-state index in [4.69, 9.17) is 4.42 Å². The first-order valence-corrected chi connectivity index (χ1v) is 10.1. The van der Waals surface area contributed by atoms with E-state index in [0.717, 1.165) is 55.7 Å². The molecule has 1 saturated heterocycles. The molecule has 0 aliphatic carbocycles. The molecule has 5 rings (SSSR count). The van der Waals surface area contributed by atoms with Crippen molar-refractivity contribution in [2.24, 2.45) is 5.92 Å². The minimum Gasteiger partial charge on any atom is -0.423 e. The minimum absolute atomic E-state index is 0.111. The molecular weight excluding hydrogens is 352 g/mol. The smallest absolute Gasteiger partial charge is 0.336 e. The number of hydrogen-bond acceptors (Lipinski definition) is 4. The Morgan fingerprint density at radius 3 is 2.82 bits per heavy atom. The molecule has 5 heteroatoms. The molecule has 0 N–H and O–H groups in total. The molecule has 2 atom stereocenters. The summed E-state index contributed by atoms with van der Waals surface area (Å²) in [6, 6.07) is 13.3. The number of pyridine rings is 1. The van der Waals surface area contributed by atoms with Crippen molar-refractivity contribution in [1.29, 1.82) is 0 Å². The lowest BCUT2D eigenvalue weighted by Crippen LogP contribution is -2.46. The molecule has 2 aromatic heterocycles. The molecule has 28 heavy (non-hydrogen) atoms. The molecule has 5 nitrogen and oxygen atoms in total. The lowest BCUT2D eigenvalue weighted by atomic mass is 9.83. The Morgan fingerprint density at radius 2 is 1.96 bits per heavy atom. The monoisotopic (exact) mass is 376 g/mol.